The molecule has 0 saturated heterocycles. The van der Waals surface area contributed by atoms with E-state index in [-0.39, 0.29) is 24.6 Å². The van der Waals surface area contributed by atoms with Crippen LogP contribution in [-0.2, 0) is 17.9 Å². The van der Waals surface area contributed by atoms with Crippen molar-refractivity contribution in [3.63, 3.8) is 0 Å². The van der Waals surface area contributed by atoms with Gasteiger partial charge < -0.3 is 15.4 Å². The number of alkyl carbamates (subject to hydrolysis) is 1. The van der Waals surface area contributed by atoms with Gasteiger partial charge in [-0.2, -0.15) is 0 Å². The van der Waals surface area contributed by atoms with Gasteiger partial charge in [0.2, 0.25) is 0 Å². The average molecular weight is 407 g/mol. The molecular formula is C19H20BrFN2O2. The molecule has 2 N–H and O–H groups in total. The summed E-state index contributed by atoms with van der Waals surface area (Å²) in [6.45, 7) is 0.864. The third-order valence-corrected chi connectivity index (χ3v) is 5.04. The van der Waals surface area contributed by atoms with Crippen LogP contribution in [0.1, 0.15) is 24.0 Å². The van der Waals surface area contributed by atoms with Crippen LogP contribution in [0.15, 0.2) is 53.0 Å². The molecule has 0 spiro atoms. The first-order valence-electron chi connectivity index (χ1n) is 8.24. The molecule has 25 heavy (non-hydrogen) atoms. The fourth-order valence-corrected chi connectivity index (χ4v) is 3.15. The topological polar surface area (TPSA) is 50.4 Å². The van der Waals surface area contributed by atoms with Gasteiger partial charge in [0.05, 0.1) is 0 Å². The maximum atomic E-state index is 13.3. The summed E-state index contributed by atoms with van der Waals surface area (Å²) in [5.74, 6) is -0.241. The van der Waals surface area contributed by atoms with Crippen molar-refractivity contribution in [1.29, 1.82) is 0 Å². The summed E-state index contributed by atoms with van der Waals surface area (Å²) in [6, 6.07) is 14.7. The highest BCUT2D eigenvalue weighted by Gasteiger charge is 2.30. The molecule has 0 radical (unpaired) electrons. The van der Waals surface area contributed by atoms with Crippen LogP contribution in [0, 0.1) is 5.82 Å². The number of halogens is 2. The minimum Gasteiger partial charge on any atom is -0.445 e. The van der Waals surface area contributed by atoms with Gasteiger partial charge in [-0.3, -0.25) is 0 Å². The van der Waals surface area contributed by atoms with Crippen molar-refractivity contribution in [3.05, 3.63) is 69.9 Å². The normalized spacial score (nSPS) is 19.1. The minimum atomic E-state index is -0.389. The fourth-order valence-electron chi connectivity index (χ4n) is 2.77. The number of ether oxygens (including phenoxy) is 1. The maximum absolute atomic E-state index is 13.3. The predicted molar refractivity (Wildman–Crippen MR) is 97.5 cm³/mol. The van der Waals surface area contributed by atoms with Crippen molar-refractivity contribution in [2.24, 2.45) is 0 Å². The first-order valence-corrected chi connectivity index (χ1v) is 9.04. The van der Waals surface area contributed by atoms with Gasteiger partial charge in [-0.1, -0.05) is 46.3 Å². The molecule has 0 heterocycles. The number of hydrogen-bond donors (Lipinski definition) is 2. The van der Waals surface area contributed by atoms with Crippen molar-refractivity contribution in [1.82, 2.24) is 10.6 Å². The molecule has 1 saturated carbocycles. The summed E-state index contributed by atoms with van der Waals surface area (Å²) >= 11 is 3.42. The van der Waals surface area contributed by atoms with Crippen LogP contribution in [-0.4, -0.2) is 18.2 Å². The van der Waals surface area contributed by atoms with E-state index in [2.05, 4.69) is 26.6 Å². The molecular weight excluding hydrogens is 387 g/mol. The van der Waals surface area contributed by atoms with Crippen LogP contribution in [0.4, 0.5) is 9.18 Å². The van der Waals surface area contributed by atoms with Crippen LogP contribution in [0.3, 0.4) is 0 Å². The molecule has 0 aromatic heterocycles. The van der Waals surface area contributed by atoms with E-state index in [0.717, 1.165) is 28.4 Å². The van der Waals surface area contributed by atoms with Gasteiger partial charge in [0.15, 0.2) is 0 Å². The maximum Gasteiger partial charge on any atom is 0.407 e. The molecule has 1 aliphatic rings. The summed E-state index contributed by atoms with van der Waals surface area (Å²) in [6.07, 6.45) is 1.29. The van der Waals surface area contributed by atoms with E-state index in [9.17, 15) is 9.18 Å². The molecule has 6 heteroatoms. The molecule has 2 aromatic carbocycles. The second kappa shape index (κ2) is 8.45. The first-order chi connectivity index (χ1) is 12.1. The van der Waals surface area contributed by atoms with E-state index in [1.54, 1.807) is 6.07 Å². The van der Waals surface area contributed by atoms with Crippen LogP contribution in [0.2, 0.25) is 0 Å². The fraction of sp³-hybridized carbons (Fsp3) is 0.316. The van der Waals surface area contributed by atoms with E-state index >= 15 is 0 Å². The van der Waals surface area contributed by atoms with Gasteiger partial charge >= 0.3 is 6.09 Å². The third kappa shape index (κ3) is 5.28. The molecule has 0 aliphatic heterocycles. The molecule has 132 valence electrons. The largest absolute Gasteiger partial charge is 0.445 e. The summed E-state index contributed by atoms with van der Waals surface area (Å²) in [5.41, 5.74) is 1.85. The lowest BCUT2D eigenvalue weighted by Gasteiger charge is -2.36. The monoisotopic (exact) mass is 406 g/mol. The Balaban J connectivity index is 1.34. The quantitative estimate of drug-likeness (QED) is 0.757. The lowest BCUT2D eigenvalue weighted by molar-refractivity contribution is 0.125. The molecule has 1 amide bonds. The van der Waals surface area contributed by atoms with E-state index < -0.39 is 0 Å². The number of carbonyl (C=O) groups excluding carboxylic acids is 1. The van der Waals surface area contributed by atoms with Crippen molar-refractivity contribution < 1.29 is 13.9 Å². The Hall–Kier alpha value is -1.92. The average Bonchev–Trinajstić information content (AvgIpc) is 2.58. The highest BCUT2D eigenvalue weighted by atomic mass is 79.9. The Morgan fingerprint density at radius 3 is 2.68 bits per heavy atom. The Labute approximate surface area is 154 Å². The van der Waals surface area contributed by atoms with Crippen molar-refractivity contribution >= 4 is 22.0 Å². The molecule has 0 unspecified atom stereocenters. The van der Waals surface area contributed by atoms with E-state index in [1.165, 1.54) is 12.1 Å². The second-order valence-corrected chi connectivity index (χ2v) is 7.04. The Kier molecular flexibility index (Phi) is 6.04. The third-order valence-electron chi connectivity index (χ3n) is 4.26. The standard InChI is InChI=1S/C19H20BrFN2O2/c20-18-7-6-15(21)8-14(18)11-22-16-9-17(10-16)23-19(24)25-12-13-4-2-1-3-5-13/h1-8,16-17,22H,9-12H2,(H,23,24). The van der Waals surface area contributed by atoms with Crippen molar-refractivity contribution in [2.75, 3.05) is 0 Å². The zero-order chi connectivity index (χ0) is 17.6. The highest BCUT2D eigenvalue weighted by Crippen LogP contribution is 2.22. The van der Waals surface area contributed by atoms with Gasteiger partial charge in [-0.25, -0.2) is 9.18 Å². The summed E-state index contributed by atoms with van der Waals surface area (Å²) < 4.78 is 19.4. The minimum absolute atomic E-state index is 0.122. The van der Waals surface area contributed by atoms with Crippen LogP contribution < -0.4 is 10.6 Å². The molecule has 1 aliphatic carbocycles. The van der Waals surface area contributed by atoms with Crippen LogP contribution >= 0.6 is 15.9 Å². The predicted octanol–water partition coefficient (Wildman–Crippen LogP) is 4.14. The summed E-state index contributed by atoms with van der Waals surface area (Å²) in [7, 11) is 0. The number of amides is 1. The molecule has 0 atom stereocenters. The highest BCUT2D eigenvalue weighted by molar-refractivity contribution is 9.10. The Morgan fingerprint density at radius 2 is 1.92 bits per heavy atom. The summed E-state index contributed by atoms with van der Waals surface area (Å²) in [4.78, 5) is 11.8. The molecule has 2 aromatic rings. The van der Waals surface area contributed by atoms with Gasteiger partial charge in [0.1, 0.15) is 12.4 Å². The van der Waals surface area contributed by atoms with Crippen LogP contribution in [0.25, 0.3) is 0 Å². The van der Waals surface area contributed by atoms with Gasteiger partial charge in [-0.05, 0) is 42.2 Å². The smallest absolute Gasteiger partial charge is 0.407 e. The zero-order valence-electron chi connectivity index (χ0n) is 13.7. The molecule has 1 fully saturated rings. The number of hydrogen-bond acceptors (Lipinski definition) is 3. The first kappa shape index (κ1) is 17.9. The van der Waals surface area contributed by atoms with Gasteiger partial charge in [0, 0.05) is 23.1 Å². The molecule has 4 nitrogen and oxygen atoms in total. The number of carbonyl (C=O) groups is 1. The van der Waals surface area contributed by atoms with E-state index in [4.69, 9.17) is 4.74 Å². The van der Waals surface area contributed by atoms with Gasteiger partial charge in [-0.15, -0.1) is 0 Å². The lowest BCUT2D eigenvalue weighted by Crippen LogP contribution is -2.52. The molecule has 3 rings (SSSR count). The zero-order valence-corrected chi connectivity index (χ0v) is 15.3. The van der Waals surface area contributed by atoms with Crippen LogP contribution in [0.5, 0.6) is 0 Å². The van der Waals surface area contributed by atoms with Gasteiger partial charge in [0.25, 0.3) is 0 Å². The van der Waals surface area contributed by atoms with E-state index in [0.29, 0.717) is 12.6 Å². The SMILES string of the molecule is O=C(NC1CC(NCc2cc(F)ccc2Br)C1)OCc1ccccc1. The van der Waals surface area contributed by atoms with Crippen molar-refractivity contribution in [3.8, 4) is 0 Å². The number of rotatable bonds is 6. The Morgan fingerprint density at radius 1 is 1.16 bits per heavy atom. The van der Waals surface area contributed by atoms with Crippen molar-refractivity contribution in [2.45, 2.75) is 38.1 Å². The lowest BCUT2D eigenvalue weighted by atomic mass is 9.87. The second-order valence-electron chi connectivity index (χ2n) is 6.19. The molecule has 0 bridgehead atoms. The Bertz CT molecular complexity index is 721. The number of benzene rings is 2. The number of nitrogens with one attached hydrogen (secondary N) is 2. The summed E-state index contributed by atoms with van der Waals surface area (Å²) in [5, 5.41) is 6.24. The van der Waals surface area contributed by atoms with E-state index in [1.807, 2.05) is 30.3 Å².